The number of hydrogen-bond acceptors (Lipinski definition) is 5. The van der Waals surface area contributed by atoms with E-state index in [-0.39, 0.29) is 5.41 Å². The number of nitrogens with one attached hydrogen (secondary N) is 1. The Labute approximate surface area is 126 Å². The normalized spacial score (nSPS) is 30.6. The van der Waals surface area contributed by atoms with Crippen molar-refractivity contribution in [2.24, 2.45) is 11.1 Å². The Morgan fingerprint density at radius 3 is 3.10 bits per heavy atom. The van der Waals surface area contributed by atoms with Crippen molar-refractivity contribution in [1.29, 1.82) is 0 Å². The molecule has 118 valence electrons. The zero-order chi connectivity index (χ0) is 14.7. The summed E-state index contributed by atoms with van der Waals surface area (Å²) >= 11 is 0. The predicted octanol–water partition coefficient (Wildman–Crippen LogP) is 1.48. The van der Waals surface area contributed by atoms with Crippen molar-refractivity contribution in [3.63, 3.8) is 0 Å². The van der Waals surface area contributed by atoms with Crippen LogP contribution in [0.5, 0.6) is 0 Å². The lowest BCUT2D eigenvalue weighted by atomic mass is 9.82. The number of rotatable bonds is 4. The van der Waals surface area contributed by atoms with E-state index < -0.39 is 0 Å². The van der Waals surface area contributed by atoms with Gasteiger partial charge in [-0.15, -0.1) is 5.10 Å². The molecule has 2 atom stereocenters. The highest BCUT2D eigenvalue weighted by atomic mass is 16.5. The summed E-state index contributed by atoms with van der Waals surface area (Å²) in [6.45, 7) is 5.82. The second kappa shape index (κ2) is 6.32. The maximum absolute atomic E-state index is 5.91. The molecule has 3 N–H and O–H groups in total. The Morgan fingerprint density at radius 2 is 2.33 bits per heavy atom. The summed E-state index contributed by atoms with van der Waals surface area (Å²) in [5.74, 6) is 1.76. The quantitative estimate of drug-likeness (QED) is 0.879. The molecular formula is C15H27N5O. The van der Waals surface area contributed by atoms with Crippen LogP contribution in [0.3, 0.4) is 0 Å². The summed E-state index contributed by atoms with van der Waals surface area (Å²) < 4.78 is 5.77. The topological polar surface area (TPSA) is 80.1 Å². The first kappa shape index (κ1) is 14.8. The molecule has 6 heteroatoms. The van der Waals surface area contributed by atoms with Gasteiger partial charge in [-0.3, -0.25) is 5.10 Å². The van der Waals surface area contributed by atoms with Crippen LogP contribution in [-0.4, -0.2) is 47.5 Å². The predicted molar refractivity (Wildman–Crippen MR) is 82.3 cm³/mol. The monoisotopic (exact) mass is 293 g/mol. The van der Waals surface area contributed by atoms with Gasteiger partial charge in [0.1, 0.15) is 5.82 Å². The van der Waals surface area contributed by atoms with Crippen LogP contribution in [0.25, 0.3) is 0 Å². The third-order valence-electron chi connectivity index (χ3n) is 4.77. The molecule has 0 saturated carbocycles. The molecule has 2 unspecified atom stereocenters. The molecule has 0 aromatic carbocycles. The van der Waals surface area contributed by atoms with Crippen LogP contribution in [0.15, 0.2) is 0 Å². The number of H-pyrrole nitrogens is 1. The molecule has 2 aliphatic rings. The van der Waals surface area contributed by atoms with Crippen molar-refractivity contribution in [3.8, 4) is 0 Å². The molecule has 2 fully saturated rings. The first-order valence-corrected chi connectivity index (χ1v) is 8.16. The van der Waals surface area contributed by atoms with Crippen LogP contribution < -0.4 is 10.6 Å². The standard InChI is InChI=1S/C15H27N5O/c1-15(10-16)6-4-7-20(11-15)14-17-13(18-19-14)9-12-5-2-3-8-21-12/h12H,2-11,16H2,1H3,(H,17,18,19). The highest BCUT2D eigenvalue weighted by Crippen LogP contribution is 2.30. The van der Waals surface area contributed by atoms with E-state index in [1.165, 1.54) is 19.3 Å². The molecule has 1 aromatic heterocycles. The van der Waals surface area contributed by atoms with Crippen molar-refractivity contribution < 1.29 is 4.74 Å². The summed E-state index contributed by atoms with van der Waals surface area (Å²) in [6, 6.07) is 0. The van der Waals surface area contributed by atoms with E-state index in [1.807, 2.05) is 0 Å². The molecule has 0 radical (unpaired) electrons. The number of piperidine rings is 1. The van der Waals surface area contributed by atoms with E-state index in [9.17, 15) is 0 Å². The van der Waals surface area contributed by atoms with Crippen LogP contribution in [-0.2, 0) is 11.2 Å². The van der Waals surface area contributed by atoms with E-state index >= 15 is 0 Å². The van der Waals surface area contributed by atoms with Gasteiger partial charge in [0.25, 0.3) is 0 Å². The van der Waals surface area contributed by atoms with Crippen molar-refractivity contribution in [2.45, 2.75) is 51.6 Å². The number of nitrogens with two attached hydrogens (primary N) is 1. The first-order chi connectivity index (χ1) is 10.2. The fourth-order valence-corrected chi connectivity index (χ4v) is 3.35. The molecule has 1 aromatic rings. The zero-order valence-corrected chi connectivity index (χ0v) is 13.0. The van der Waals surface area contributed by atoms with Crippen molar-refractivity contribution >= 4 is 5.95 Å². The number of anilines is 1. The lowest BCUT2D eigenvalue weighted by Crippen LogP contribution is -2.46. The molecule has 3 rings (SSSR count). The van der Waals surface area contributed by atoms with Gasteiger partial charge in [-0.1, -0.05) is 6.92 Å². The van der Waals surface area contributed by atoms with E-state index in [1.54, 1.807) is 0 Å². The second-order valence-electron chi connectivity index (χ2n) is 6.81. The Bertz CT molecular complexity index is 457. The molecule has 0 spiro atoms. The van der Waals surface area contributed by atoms with Crippen LogP contribution >= 0.6 is 0 Å². The number of hydrogen-bond donors (Lipinski definition) is 2. The van der Waals surface area contributed by atoms with Crippen molar-refractivity contribution in [2.75, 3.05) is 31.1 Å². The molecule has 0 amide bonds. The van der Waals surface area contributed by atoms with Crippen molar-refractivity contribution in [1.82, 2.24) is 15.2 Å². The summed E-state index contributed by atoms with van der Waals surface area (Å²) in [6.07, 6.45) is 7.06. The Kier molecular flexibility index (Phi) is 4.45. The van der Waals surface area contributed by atoms with Crippen molar-refractivity contribution in [3.05, 3.63) is 5.82 Å². The molecule has 0 bridgehead atoms. The molecular weight excluding hydrogens is 266 g/mol. The minimum Gasteiger partial charge on any atom is -0.378 e. The number of aromatic amines is 1. The SMILES string of the molecule is CC1(CN)CCCN(c2n[nH]c(CC3CCCCO3)n2)C1. The summed E-state index contributed by atoms with van der Waals surface area (Å²) in [4.78, 5) is 6.93. The maximum Gasteiger partial charge on any atom is 0.244 e. The van der Waals surface area contributed by atoms with Gasteiger partial charge < -0.3 is 15.4 Å². The highest BCUT2D eigenvalue weighted by Gasteiger charge is 2.31. The molecule has 2 aliphatic heterocycles. The average Bonchev–Trinajstić information content (AvgIpc) is 2.97. The molecule has 0 aliphatic carbocycles. The third kappa shape index (κ3) is 3.55. The van der Waals surface area contributed by atoms with E-state index in [2.05, 4.69) is 27.0 Å². The fourth-order valence-electron chi connectivity index (χ4n) is 3.35. The Morgan fingerprint density at radius 1 is 1.43 bits per heavy atom. The van der Waals surface area contributed by atoms with Gasteiger partial charge in [0.15, 0.2) is 0 Å². The van der Waals surface area contributed by atoms with E-state index in [0.717, 1.165) is 57.3 Å². The van der Waals surface area contributed by atoms with Crippen LogP contribution in [0.4, 0.5) is 5.95 Å². The molecule has 3 heterocycles. The number of aromatic nitrogens is 3. The van der Waals surface area contributed by atoms with E-state index in [0.29, 0.717) is 6.10 Å². The first-order valence-electron chi connectivity index (χ1n) is 8.16. The van der Waals surface area contributed by atoms with Gasteiger partial charge in [-0.25, -0.2) is 0 Å². The Balaban J connectivity index is 1.61. The van der Waals surface area contributed by atoms with Crippen LogP contribution in [0.2, 0.25) is 0 Å². The number of nitrogens with zero attached hydrogens (tertiary/aromatic N) is 3. The van der Waals surface area contributed by atoms with Crippen LogP contribution in [0, 0.1) is 5.41 Å². The third-order valence-corrected chi connectivity index (χ3v) is 4.77. The summed E-state index contributed by atoms with van der Waals surface area (Å²) in [5, 5.41) is 7.48. The minimum absolute atomic E-state index is 0.186. The number of ether oxygens (including phenoxy) is 1. The molecule has 21 heavy (non-hydrogen) atoms. The largest absolute Gasteiger partial charge is 0.378 e. The highest BCUT2D eigenvalue weighted by molar-refractivity contribution is 5.30. The van der Waals surface area contributed by atoms with Gasteiger partial charge in [0.2, 0.25) is 5.95 Å². The van der Waals surface area contributed by atoms with Gasteiger partial charge >= 0.3 is 0 Å². The van der Waals surface area contributed by atoms with Crippen LogP contribution in [0.1, 0.15) is 44.9 Å². The maximum atomic E-state index is 5.91. The van der Waals surface area contributed by atoms with Gasteiger partial charge in [0, 0.05) is 26.1 Å². The molecule has 6 nitrogen and oxygen atoms in total. The smallest absolute Gasteiger partial charge is 0.244 e. The lowest BCUT2D eigenvalue weighted by Gasteiger charge is -2.39. The van der Waals surface area contributed by atoms with Gasteiger partial charge in [-0.2, -0.15) is 4.98 Å². The second-order valence-corrected chi connectivity index (χ2v) is 6.81. The fraction of sp³-hybridized carbons (Fsp3) is 0.867. The average molecular weight is 293 g/mol. The minimum atomic E-state index is 0.186. The van der Waals surface area contributed by atoms with E-state index in [4.69, 9.17) is 10.5 Å². The van der Waals surface area contributed by atoms with Gasteiger partial charge in [-0.05, 0) is 44.1 Å². The lowest BCUT2D eigenvalue weighted by molar-refractivity contribution is 0.0157. The summed E-state index contributed by atoms with van der Waals surface area (Å²) in [7, 11) is 0. The van der Waals surface area contributed by atoms with Gasteiger partial charge in [0.05, 0.1) is 6.10 Å². The summed E-state index contributed by atoms with van der Waals surface area (Å²) in [5.41, 5.74) is 6.10. The Hall–Kier alpha value is -1.14. The zero-order valence-electron chi connectivity index (χ0n) is 13.0. The molecule has 2 saturated heterocycles.